The molecule has 0 spiro atoms. The van der Waals surface area contributed by atoms with Crippen molar-refractivity contribution in [3.05, 3.63) is 77.9 Å². The number of hydrogen-bond donors (Lipinski definition) is 1. The fourth-order valence-corrected chi connectivity index (χ4v) is 4.17. The molecule has 32 heavy (non-hydrogen) atoms. The van der Waals surface area contributed by atoms with Gasteiger partial charge in [-0.15, -0.1) is 10.2 Å². The highest BCUT2D eigenvalue weighted by Gasteiger charge is 2.14. The maximum atomic E-state index is 13.2. The molecule has 7 nitrogen and oxygen atoms in total. The zero-order valence-electron chi connectivity index (χ0n) is 17.4. The van der Waals surface area contributed by atoms with Gasteiger partial charge in [0.05, 0.1) is 11.4 Å². The first-order valence-electron chi connectivity index (χ1n) is 9.97. The van der Waals surface area contributed by atoms with E-state index in [1.165, 1.54) is 23.9 Å². The molecule has 0 radical (unpaired) electrons. The summed E-state index contributed by atoms with van der Waals surface area (Å²) in [4.78, 5) is 12.5. The summed E-state index contributed by atoms with van der Waals surface area (Å²) in [5.41, 5.74) is 5.92. The number of thioether (sulfide) groups is 1. The van der Waals surface area contributed by atoms with Gasteiger partial charge in [-0.3, -0.25) is 9.20 Å². The summed E-state index contributed by atoms with van der Waals surface area (Å²) in [6.45, 7) is 4.00. The Morgan fingerprint density at radius 2 is 1.91 bits per heavy atom. The molecular weight excluding hydrogens is 427 g/mol. The number of carbonyl (C=O) groups excluding carboxylic acids is 1. The maximum Gasteiger partial charge on any atom is 0.234 e. The summed E-state index contributed by atoms with van der Waals surface area (Å²) in [7, 11) is 0. The van der Waals surface area contributed by atoms with Crippen LogP contribution in [0, 0.1) is 19.7 Å². The molecule has 0 saturated carbocycles. The van der Waals surface area contributed by atoms with E-state index in [9.17, 15) is 9.18 Å². The van der Waals surface area contributed by atoms with E-state index in [0.717, 1.165) is 27.9 Å². The number of benzene rings is 2. The normalized spacial score (nSPS) is 11.3. The number of anilines is 1. The van der Waals surface area contributed by atoms with E-state index >= 15 is 0 Å². The second kappa shape index (κ2) is 8.08. The van der Waals surface area contributed by atoms with E-state index < -0.39 is 0 Å². The number of nitrogens with zero attached hydrogens (tertiary/aromatic N) is 5. The van der Waals surface area contributed by atoms with Crippen LogP contribution in [0.3, 0.4) is 0 Å². The van der Waals surface area contributed by atoms with Gasteiger partial charge < -0.3 is 5.32 Å². The molecule has 5 aromatic rings. The Morgan fingerprint density at radius 3 is 2.72 bits per heavy atom. The van der Waals surface area contributed by atoms with Crippen molar-refractivity contribution >= 4 is 34.5 Å². The van der Waals surface area contributed by atoms with Crippen molar-refractivity contribution in [3.8, 4) is 11.3 Å². The molecule has 9 heteroatoms. The molecule has 160 valence electrons. The molecule has 1 amide bonds. The van der Waals surface area contributed by atoms with Gasteiger partial charge in [0.25, 0.3) is 0 Å². The largest absolute Gasteiger partial charge is 0.325 e. The second-order valence-electron chi connectivity index (χ2n) is 7.42. The minimum atomic E-state index is -0.291. The Hall–Kier alpha value is -3.72. The van der Waals surface area contributed by atoms with Gasteiger partial charge in [0.15, 0.2) is 10.8 Å². The van der Waals surface area contributed by atoms with Gasteiger partial charge in [-0.1, -0.05) is 23.9 Å². The molecule has 0 aliphatic carbocycles. The van der Waals surface area contributed by atoms with Gasteiger partial charge in [0.1, 0.15) is 11.3 Å². The maximum absolute atomic E-state index is 13.2. The number of amides is 1. The summed E-state index contributed by atoms with van der Waals surface area (Å²) in [5, 5.41) is 16.7. The van der Waals surface area contributed by atoms with Crippen molar-refractivity contribution in [1.29, 1.82) is 0 Å². The number of rotatable bonds is 5. The lowest BCUT2D eigenvalue weighted by atomic mass is 10.1. The molecule has 1 N–H and O–H groups in total. The Kier molecular flexibility index (Phi) is 5.10. The fraction of sp³-hybridized carbons (Fsp3) is 0.130. The van der Waals surface area contributed by atoms with Crippen molar-refractivity contribution in [2.75, 3.05) is 11.1 Å². The molecule has 0 aliphatic rings. The number of hydrogen-bond acceptors (Lipinski definition) is 5. The predicted molar refractivity (Wildman–Crippen MR) is 122 cm³/mol. The SMILES string of the molecule is Cc1cccc(NC(=O)CSc2nnc3c4cc(-c5ccc(F)cc5)nn4ccn23)c1C. The molecule has 5 rings (SSSR count). The highest BCUT2D eigenvalue weighted by molar-refractivity contribution is 7.99. The molecule has 3 heterocycles. The van der Waals surface area contributed by atoms with Crippen molar-refractivity contribution in [1.82, 2.24) is 24.2 Å². The summed E-state index contributed by atoms with van der Waals surface area (Å²) in [6.07, 6.45) is 3.62. The molecule has 0 unspecified atom stereocenters. The van der Waals surface area contributed by atoms with Gasteiger partial charge >= 0.3 is 0 Å². The number of aromatic nitrogens is 5. The number of halogens is 1. The molecule has 0 saturated heterocycles. The van der Waals surface area contributed by atoms with Crippen molar-refractivity contribution < 1.29 is 9.18 Å². The van der Waals surface area contributed by atoms with E-state index in [-0.39, 0.29) is 17.5 Å². The Morgan fingerprint density at radius 1 is 1.09 bits per heavy atom. The van der Waals surface area contributed by atoms with E-state index in [2.05, 4.69) is 20.6 Å². The summed E-state index contributed by atoms with van der Waals surface area (Å²) >= 11 is 1.31. The van der Waals surface area contributed by atoms with Crippen LogP contribution in [0.5, 0.6) is 0 Å². The third-order valence-corrected chi connectivity index (χ3v) is 6.28. The van der Waals surface area contributed by atoms with Crippen molar-refractivity contribution in [3.63, 3.8) is 0 Å². The molecule has 0 aliphatic heterocycles. The molecule has 3 aromatic heterocycles. The Balaban J connectivity index is 1.37. The number of aryl methyl sites for hydroxylation is 1. The van der Waals surface area contributed by atoms with Crippen LogP contribution in [0.4, 0.5) is 10.1 Å². The molecular formula is C23H19FN6OS. The lowest BCUT2D eigenvalue weighted by molar-refractivity contribution is -0.113. The highest BCUT2D eigenvalue weighted by Crippen LogP contribution is 2.25. The minimum absolute atomic E-state index is 0.107. The molecule has 0 bridgehead atoms. The lowest BCUT2D eigenvalue weighted by Gasteiger charge is -2.09. The third-order valence-electron chi connectivity index (χ3n) is 5.34. The molecule has 0 fully saturated rings. The van der Waals surface area contributed by atoms with Crippen LogP contribution in [0.25, 0.3) is 22.4 Å². The van der Waals surface area contributed by atoms with Crippen molar-refractivity contribution in [2.24, 2.45) is 0 Å². The standard InChI is InChI=1S/C23H19FN6OS/c1-14-4-3-5-18(15(14)2)25-21(31)13-32-23-27-26-22-20-12-19(16-6-8-17(24)9-7-16)28-30(20)11-10-29(22)23/h3-12H,13H2,1-2H3,(H,25,31). The van der Waals surface area contributed by atoms with Crippen molar-refractivity contribution in [2.45, 2.75) is 19.0 Å². The van der Waals surface area contributed by atoms with E-state index in [4.69, 9.17) is 0 Å². The minimum Gasteiger partial charge on any atom is -0.325 e. The van der Waals surface area contributed by atoms with Crippen LogP contribution < -0.4 is 5.32 Å². The first-order valence-corrected chi connectivity index (χ1v) is 11.0. The average Bonchev–Trinajstić information content (AvgIpc) is 3.40. The predicted octanol–water partition coefficient (Wildman–Crippen LogP) is 4.53. The quantitative estimate of drug-likeness (QED) is 0.402. The molecule has 2 aromatic carbocycles. The van der Waals surface area contributed by atoms with Gasteiger partial charge in [0, 0.05) is 23.6 Å². The van der Waals surface area contributed by atoms with Crippen LogP contribution in [-0.4, -0.2) is 35.9 Å². The Bertz CT molecular complexity index is 1460. The zero-order valence-corrected chi connectivity index (χ0v) is 18.2. The zero-order chi connectivity index (χ0) is 22.2. The van der Waals surface area contributed by atoms with Crippen LogP contribution >= 0.6 is 11.8 Å². The third kappa shape index (κ3) is 3.71. The fourth-order valence-electron chi connectivity index (χ4n) is 3.45. The summed E-state index contributed by atoms with van der Waals surface area (Å²) in [6, 6.07) is 13.9. The first-order chi connectivity index (χ1) is 15.5. The van der Waals surface area contributed by atoms with E-state index in [1.54, 1.807) is 22.8 Å². The summed E-state index contributed by atoms with van der Waals surface area (Å²) < 4.78 is 16.8. The van der Waals surface area contributed by atoms with Crippen LogP contribution in [0.1, 0.15) is 11.1 Å². The topological polar surface area (TPSA) is 76.6 Å². The smallest absolute Gasteiger partial charge is 0.234 e. The van der Waals surface area contributed by atoms with Gasteiger partial charge in [0.2, 0.25) is 5.91 Å². The van der Waals surface area contributed by atoms with Gasteiger partial charge in [-0.2, -0.15) is 5.10 Å². The molecule has 0 atom stereocenters. The van der Waals surface area contributed by atoms with Crippen LogP contribution in [0.15, 0.2) is 66.1 Å². The number of nitrogens with one attached hydrogen (secondary N) is 1. The van der Waals surface area contributed by atoms with Crippen LogP contribution in [-0.2, 0) is 4.79 Å². The van der Waals surface area contributed by atoms with E-state index in [1.807, 2.05) is 48.7 Å². The van der Waals surface area contributed by atoms with Gasteiger partial charge in [-0.05, 0) is 61.4 Å². The van der Waals surface area contributed by atoms with E-state index in [0.29, 0.717) is 16.5 Å². The number of fused-ring (bicyclic) bond motifs is 3. The first kappa shape index (κ1) is 20.2. The Labute approximate surface area is 187 Å². The monoisotopic (exact) mass is 446 g/mol. The second-order valence-corrected chi connectivity index (χ2v) is 8.37. The lowest BCUT2D eigenvalue weighted by Crippen LogP contribution is -2.15. The van der Waals surface area contributed by atoms with Gasteiger partial charge in [-0.25, -0.2) is 8.91 Å². The number of carbonyl (C=O) groups is 1. The van der Waals surface area contributed by atoms with Crippen LogP contribution in [0.2, 0.25) is 0 Å². The average molecular weight is 447 g/mol. The summed E-state index contributed by atoms with van der Waals surface area (Å²) in [5.74, 6) is -0.190. The highest BCUT2D eigenvalue weighted by atomic mass is 32.2.